The van der Waals surface area contributed by atoms with Gasteiger partial charge in [-0.05, 0) is 31.6 Å². The van der Waals surface area contributed by atoms with Crippen molar-refractivity contribution in [1.29, 1.82) is 0 Å². The fourth-order valence-corrected chi connectivity index (χ4v) is 2.96. The van der Waals surface area contributed by atoms with Gasteiger partial charge in [-0.25, -0.2) is 0 Å². The van der Waals surface area contributed by atoms with Crippen LogP contribution in [0.2, 0.25) is 0 Å². The number of hydrogen-bond donors (Lipinski definition) is 0. The molecule has 2 heteroatoms. The van der Waals surface area contributed by atoms with E-state index in [0.717, 1.165) is 6.04 Å². The molecule has 1 atom stereocenters. The van der Waals surface area contributed by atoms with E-state index in [4.69, 9.17) is 0 Å². The highest BCUT2D eigenvalue weighted by Crippen LogP contribution is 2.23. The lowest BCUT2D eigenvalue weighted by atomic mass is 9.98. The number of unbranched alkanes of at least 4 members (excludes halogenated alkanes) is 1. The molecule has 0 radical (unpaired) electrons. The van der Waals surface area contributed by atoms with Crippen LogP contribution in [0, 0.1) is 0 Å². The third-order valence-electron chi connectivity index (χ3n) is 3.10. The van der Waals surface area contributed by atoms with E-state index < -0.39 is 0 Å². The number of likely N-dealkylation sites (tertiary alicyclic amines) is 1. The molecule has 14 heavy (non-hydrogen) atoms. The third-order valence-corrected chi connectivity index (χ3v) is 4.02. The lowest BCUT2D eigenvalue weighted by molar-refractivity contribution is 0.165. The van der Waals surface area contributed by atoms with E-state index in [1.165, 1.54) is 56.7 Å². The van der Waals surface area contributed by atoms with Crippen LogP contribution in [0.5, 0.6) is 0 Å². The molecule has 1 saturated heterocycles. The van der Waals surface area contributed by atoms with Crippen molar-refractivity contribution in [3.05, 3.63) is 0 Å². The Hall–Kier alpha value is 0.310. The molecule has 0 aromatic heterocycles. The Morgan fingerprint density at radius 1 is 1.29 bits per heavy atom. The molecule has 1 aliphatic rings. The number of rotatable bonds is 6. The van der Waals surface area contributed by atoms with Gasteiger partial charge in [-0.3, -0.25) is 4.90 Å². The molecule has 1 rings (SSSR count). The molecule has 0 amide bonds. The minimum atomic E-state index is 0.905. The Morgan fingerprint density at radius 2 is 2.14 bits per heavy atom. The number of piperidine rings is 1. The molecule has 1 nitrogen and oxygen atoms in total. The predicted octanol–water partition coefficient (Wildman–Crippen LogP) is 3.74. The maximum absolute atomic E-state index is 2.72. The predicted molar refractivity (Wildman–Crippen MR) is 66.9 cm³/mol. The van der Waals surface area contributed by atoms with Crippen molar-refractivity contribution in [3.63, 3.8) is 0 Å². The first kappa shape index (κ1) is 12.4. The lowest BCUT2D eigenvalue weighted by Gasteiger charge is -2.35. The minimum absolute atomic E-state index is 0.905. The van der Waals surface area contributed by atoms with Crippen molar-refractivity contribution in [2.24, 2.45) is 0 Å². The second-order valence-corrected chi connectivity index (χ2v) is 5.47. The van der Waals surface area contributed by atoms with Gasteiger partial charge in [0.25, 0.3) is 0 Å². The molecule has 0 saturated carbocycles. The summed E-state index contributed by atoms with van der Waals surface area (Å²) in [4.78, 5) is 2.72. The van der Waals surface area contributed by atoms with E-state index in [2.05, 4.69) is 30.5 Å². The van der Waals surface area contributed by atoms with E-state index in [-0.39, 0.29) is 0 Å². The average molecular weight is 215 g/mol. The first-order chi connectivity index (χ1) is 6.88. The largest absolute Gasteiger partial charge is 0.291 e. The Kier molecular flexibility index (Phi) is 6.70. The van der Waals surface area contributed by atoms with Crippen molar-refractivity contribution >= 4 is 11.8 Å². The second-order valence-electron chi connectivity index (χ2n) is 4.23. The summed E-state index contributed by atoms with van der Waals surface area (Å²) < 4.78 is 0. The second kappa shape index (κ2) is 7.58. The van der Waals surface area contributed by atoms with Crippen molar-refractivity contribution < 1.29 is 0 Å². The van der Waals surface area contributed by atoms with Crippen molar-refractivity contribution in [3.8, 4) is 0 Å². The standard InChI is InChI=1S/C12H25NS/c1-3-5-8-12-9-6-7-10-13(12)11-14-4-2/h12H,3-11H2,1-2H3/t12-/m1/s1. The van der Waals surface area contributed by atoms with Gasteiger partial charge < -0.3 is 0 Å². The van der Waals surface area contributed by atoms with Crippen LogP contribution >= 0.6 is 11.8 Å². The van der Waals surface area contributed by atoms with Gasteiger partial charge in [0, 0.05) is 11.9 Å². The summed E-state index contributed by atoms with van der Waals surface area (Å²) >= 11 is 2.08. The Morgan fingerprint density at radius 3 is 2.86 bits per heavy atom. The Labute approximate surface area is 93.6 Å². The van der Waals surface area contributed by atoms with Crippen LogP contribution in [-0.4, -0.2) is 29.1 Å². The van der Waals surface area contributed by atoms with Crippen molar-refractivity contribution in [2.75, 3.05) is 18.2 Å². The molecule has 1 aliphatic heterocycles. The minimum Gasteiger partial charge on any atom is -0.291 e. The highest BCUT2D eigenvalue weighted by molar-refractivity contribution is 7.99. The summed E-state index contributed by atoms with van der Waals surface area (Å²) in [5.41, 5.74) is 0. The molecule has 0 aromatic rings. The van der Waals surface area contributed by atoms with Gasteiger partial charge in [0.05, 0.1) is 0 Å². The smallest absolute Gasteiger partial charge is 0.0447 e. The number of nitrogens with zero attached hydrogens (tertiary/aromatic N) is 1. The summed E-state index contributed by atoms with van der Waals surface area (Å²) in [5.74, 6) is 2.53. The van der Waals surface area contributed by atoms with Gasteiger partial charge in [-0.1, -0.05) is 33.1 Å². The van der Waals surface area contributed by atoms with Crippen LogP contribution in [0.3, 0.4) is 0 Å². The van der Waals surface area contributed by atoms with Crippen LogP contribution in [0.25, 0.3) is 0 Å². The van der Waals surface area contributed by atoms with Crippen LogP contribution in [-0.2, 0) is 0 Å². The molecule has 0 aliphatic carbocycles. The molecule has 1 heterocycles. The van der Waals surface area contributed by atoms with Crippen LogP contribution in [0.1, 0.15) is 52.4 Å². The highest BCUT2D eigenvalue weighted by atomic mass is 32.2. The van der Waals surface area contributed by atoms with Crippen LogP contribution in [0.4, 0.5) is 0 Å². The molecule has 0 bridgehead atoms. The molecule has 0 aromatic carbocycles. The van der Waals surface area contributed by atoms with Crippen LogP contribution in [0.15, 0.2) is 0 Å². The summed E-state index contributed by atoms with van der Waals surface area (Å²) in [5, 5.41) is 0. The summed E-state index contributed by atoms with van der Waals surface area (Å²) in [6.07, 6.45) is 8.53. The molecule has 84 valence electrons. The van der Waals surface area contributed by atoms with E-state index >= 15 is 0 Å². The molecule has 0 spiro atoms. The first-order valence-electron chi connectivity index (χ1n) is 6.20. The van der Waals surface area contributed by atoms with Gasteiger partial charge in [-0.2, -0.15) is 0 Å². The Bertz CT molecular complexity index is 122. The fourth-order valence-electron chi connectivity index (χ4n) is 2.21. The first-order valence-corrected chi connectivity index (χ1v) is 7.35. The van der Waals surface area contributed by atoms with Gasteiger partial charge in [0.1, 0.15) is 0 Å². The summed E-state index contributed by atoms with van der Waals surface area (Å²) in [6, 6.07) is 0.905. The quantitative estimate of drug-likeness (QED) is 0.664. The van der Waals surface area contributed by atoms with E-state index in [0.29, 0.717) is 0 Å². The normalized spacial score (nSPS) is 24.0. The van der Waals surface area contributed by atoms with Crippen molar-refractivity contribution in [1.82, 2.24) is 4.90 Å². The van der Waals surface area contributed by atoms with Crippen molar-refractivity contribution in [2.45, 2.75) is 58.4 Å². The maximum Gasteiger partial charge on any atom is 0.0447 e. The van der Waals surface area contributed by atoms with Crippen LogP contribution < -0.4 is 0 Å². The Balaban J connectivity index is 2.26. The SMILES string of the molecule is CCCC[C@@H]1CCCCN1CSCC. The topological polar surface area (TPSA) is 3.24 Å². The number of hydrogen-bond acceptors (Lipinski definition) is 2. The molecule has 1 fully saturated rings. The third kappa shape index (κ3) is 4.22. The van der Waals surface area contributed by atoms with E-state index in [9.17, 15) is 0 Å². The van der Waals surface area contributed by atoms with E-state index in [1.807, 2.05) is 0 Å². The average Bonchev–Trinajstić information content (AvgIpc) is 2.24. The zero-order chi connectivity index (χ0) is 10.2. The molecule has 0 N–H and O–H groups in total. The zero-order valence-corrected chi connectivity index (χ0v) is 10.6. The number of thioether (sulfide) groups is 1. The van der Waals surface area contributed by atoms with Gasteiger partial charge in [-0.15, -0.1) is 11.8 Å². The zero-order valence-electron chi connectivity index (χ0n) is 9.80. The lowest BCUT2D eigenvalue weighted by Crippen LogP contribution is -2.39. The summed E-state index contributed by atoms with van der Waals surface area (Å²) in [7, 11) is 0. The molecular formula is C12H25NS. The van der Waals surface area contributed by atoms with E-state index in [1.54, 1.807) is 0 Å². The molecule has 0 unspecified atom stereocenters. The highest BCUT2D eigenvalue weighted by Gasteiger charge is 2.20. The molecular weight excluding hydrogens is 190 g/mol. The van der Waals surface area contributed by atoms with Gasteiger partial charge >= 0.3 is 0 Å². The van der Waals surface area contributed by atoms with Gasteiger partial charge in [0.15, 0.2) is 0 Å². The van der Waals surface area contributed by atoms with Gasteiger partial charge in [0.2, 0.25) is 0 Å². The maximum atomic E-state index is 2.72. The summed E-state index contributed by atoms with van der Waals surface area (Å²) in [6.45, 7) is 5.91. The fraction of sp³-hybridized carbons (Fsp3) is 1.00. The monoisotopic (exact) mass is 215 g/mol.